The molecule has 90 valence electrons. The summed E-state index contributed by atoms with van der Waals surface area (Å²) >= 11 is 0. The summed E-state index contributed by atoms with van der Waals surface area (Å²) in [6.45, 7) is 1.20. The number of aliphatic hydroxyl groups excluding tert-OH is 1. The Balaban J connectivity index is 2.48. The number of aromatic nitrogens is 1. The molecule has 0 unspecified atom stereocenters. The number of aliphatic hydroxyl groups is 1. The highest BCUT2D eigenvalue weighted by Gasteiger charge is 2.07. The number of methoxy groups -OCH3 is 1. The van der Waals surface area contributed by atoms with Crippen molar-refractivity contribution in [2.24, 2.45) is 0 Å². The Hall–Kier alpha value is -1.29. The molecule has 0 fully saturated rings. The summed E-state index contributed by atoms with van der Waals surface area (Å²) in [5.74, 6) is 1.67. The average molecular weight is 224 g/mol. The van der Waals surface area contributed by atoms with E-state index in [1.165, 1.54) is 0 Å². The first kappa shape index (κ1) is 12.8. The van der Waals surface area contributed by atoms with E-state index in [0.717, 1.165) is 37.4 Å². The molecule has 1 aromatic rings. The normalized spacial score (nSPS) is 10.2. The molecule has 0 saturated heterocycles. The minimum Gasteiger partial charge on any atom is -0.493 e. The fourth-order valence-corrected chi connectivity index (χ4v) is 1.57. The Morgan fingerprint density at radius 2 is 2.19 bits per heavy atom. The molecule has 1 N–H and O–H groups in total. The maximum Gasteiger partial charge on any atom is 0.171 e. The van der Waals surface area contributed by atoms with Crippen LogP contribution in [0.3, 0.4) is 0 Å². The minimum absolute atomic E-state index is 0.274. The molecular weight excluding hydrogens is 204 g/mol. The number of ether oxygens (including phenoxy) is 1. The van der Waals surface area contributed by atoms with Crippen LogP contribution in [0.25, 0.3) is 0 Å². The lowest BCUT2D eigenvalue weighted by molar-refractivity contribution is 0.283. The van der Waals surface area contributed by atoms with E-state index in [2.05, 4.69) is 9.88 Å². The van der Waals surface area contributed by atoms with Crippen molar-refractivity contribution in [1.29, 1.82) is 0 Å². The van der Waals surface area contributed by atoms with Crippen LogP contribution in [0.2, 0.25) is 0 Å². The molecule has 4 nitrogen and oxygen atoms in total. The summed E-state index contributed by atoms with van der Waals surface area (Å²) < 4.78 is 5.25. The molecule has 0 atom stereocenters. The van der Waals surface area contributed by atoms with E-state index in [1.54, 1.807) is 13.3 Å². The van der Waals surface area contributed by atoms with Crippen molar-refractivity contribution in [2.45, 2.75) is 19.3 Å². The van der Waals surface area contributed by atoms with Crippen LogP contribution < -0.4 is 9.64 Å². The summed E-state index contributed by atoms with van der Waals surface area (Å²) in [6, 6.07) is 3.77. The Morgan fingerprint density at radius 3 is 2.88 bits per heavy atom. The number of unbranched alkanes of at least 4 members (excludes halogenated alkanes) is 2. The maximum atomic E-state index is 8.68. The Morgan fingerprint density at radius 1 is 1.38 bits per heavy atom. The molecule has 16 heavy (non-hydrogen) atoms. The number of hydrogen-bond donors (Lipinski definition) is 1. The molecule has 1 heterocycles. The summed E-state index contributed by atoms with van der Waals surface area (Å²) in [7, 11) is 3.66. The minimum atomic E-state index is 0.274. The smallest absolute Gasteiger partial charge is 0.171 e. The zero-order valence-electron chi connectivity index (χ0n) is 10.0. The second-order valence-electron chi connectivity index (χ2n) is 3.74. The van der Waals surface area contributed by atoms with E-state index in [4.69, 9.17) is 9.84 Å². The topological polar surface area (TPSA) is 45.6 Å². The first-order chi connectivity index (χ1) is 7.79. The summed E-state index contributed by atoms with van der Waals surface area (Å²) in [5, 5.41) is 8.68. The quantitative estimate of drug-likeness (QED) is 0.716. The lowest BCUT2D eigenvalue weighted by Gasteiger charge is -2.19. The van der Waals surface area contributed by atoms with E-state index in [0.29, 0.717) is 0 Å². The standard InChI is InChI=1S/C12H20N2O2/c1-14(9-4-3-5-10-15)12-11(16-2)7-6-8-13-12/h6-8,15H,3-5,9-10H2,1-2H3. The summed E-state index contributed by atoms with van der Waals surface area (Å²) in [6.07, 6.45) is 4.72. The van der Waals surface area contributed by atoms with Gasteiger partial charge in [0.25, 0.3) is 0 Å². The molecule has 0 aliphatic heterocycles. The van der Waals surface area contributed by atoms with Gasteiger partial charge in [0.05, 0.1) is 7.11 Å². The van der Waals surface area contributed by atoms with E-state index >= 15 is 0 Å². The number of anilines is 1. The van der Waals surface area contributed by atoms with Crippen LogP contribution in [0.1, 0.15) is 19.3 Å². The van der Waals surface area contributed by atoms with Crippen LogP contribution in [-0.2, 0) is 0 Å². The molecule has 0 spiro atoms. The molecule has 0 radical (unpaired) electrons. The summed E-state index contributed by atoms with van der Waals surface area (Å²) in [4.78, 5) is 6.38. The van der Waals surface area contributed by atoms with Gasteiger partial charge >= 0.3 is 0 Å². The maximum absolute atomic E-state index is 8.68. The van der Waals surface area contributed by atoms with E-state index in [-0.39, 0.29) is 6.61 Å². The fourth-order valence-electron chi connectivity index (χ4n) is 1.57. The van der Waals surface area contributed by atoms with Crippen molar-refractivity contribution in [1.82, 2.24) is 4.98 Å². The molecule has 0 saturated carbocycles. The van der Waals surface area contributed by atoms with Gasteiger partial charge in [-0.15, -0.1) is 0 Å². The van der Waals surface area contributed by atoms with Gasteiger partial charge in [0.2, 0.25) is 0 Å². The van der Waals surface area contributed by atoms with Gasteiger partial charge in [0.1, 0.15) is 0 Å². The van der Waals surface area contributed by atoms with Crippen molar-refractivity contribution in [3.63, 3.8) is 0 Å². The van der Waals surface area contributed by atoms with Gasteiger partial charge in [0.15, 0.2) is 11.6 Å². The molecule has 0 aliphatic carbocycles. The fraction of sp³-hybridized carbons (Fsp3) is 0.583. The third-order valence-electron chi connectivity index (χ3n) is 2.48. The highest BCUT2D eigenvalue weighted by atomic mass is 16.5. The van der Waals surface area contributed by atoms with Gasteiger partial charge in [0, 0.05) is 26.4 Å². The zero-order valence-corrected chi connectivity index (χ0v) is 10.0. The SMILES string of the molecule is COc1cccnc1N(C)CCCCCO. The predicted molar refractivity (Wildman–Crippen MR) is 65.0 cm³/mol. The molecule has 0 amide bonds. The van der Waals surface area contributed by atoms with Gasteiger partial charge in [-0.1, -0.05) is 0 Å². The van der Waals surface area contributed by atoms with Crippen LogP contribution in [0, 0.1) is 0 Å². The number of hydrogen-bond acceptors (Lipinski definition) is 4. The lowest BCUT2D eigenvalue weighted by atomic mass is 10.2. The van der Waals surface area contributed by atoms with E-state index in [1.807, 2.05) is 19.2 Å². The lowest BCUT2D eigenvalue weighted by Crippen LogP contribution is -2.20. The van der Waals surface area contributed by atoms with E-state index in [9.17, 15) is 0 Å². The number of rotatable bonds is 7. The Labute approximate surface area is 96.9 Å². The van der Waals surface area contributed by atoms with Crippen LogP contribution in [-0.4, -0.2) is 37.4 Å². The third-order valence-corrected chi connectivity index (χ3v) is 2.48. The second kappa shape index (κ2) is 7.06. The second-order valence-corrected chi connectivity index (χ2v) is 3.74. The predicted octanol–water partition coefficient (Wildman–Crippen LogP) is 1.69. The van der Waals surface area contributed by atoms with Crippen LogP contribution in [0.5, 0.6) is 5.75 Å². The molecule has 1 rings (SSSR count). The first-order valence-electron chi connectivity index (χ1n) is 5.60. The van der Waals surface area contributed by atoms with Crippen molar-refractivity contribution in [2.75, 3.05) is 32.2 Å². The Bertz CT molecular complexity index is 305. The zero-order chi connectivity index (χ0) is 11.8. The molecule has 4 heteroatoms. The van der Waals surface area contributed by atoms with Crippen LogP contribution in [0.4, 0.5) is 5.82 Å². The molecular formula is C12H20N2O2. The largest absolute Gasteiger partial charge is 0.493 e. The monoisotopic (exact) mass is 224 g/mol. The van der Waals surface area contributed by atoms with Crippen molar-refractivity contribution in [3.8, 4) is 5.75 Å². The summed E-state index contributed by atoms with van der Waals surface area (Å²) in [5.41, 5.74) is 0. The van der Waals surface area contributed by atoms with E-state index < -0.39 is 0 Å². The average Bonchev–Trinajstić information content (AvgIpc) is 2.34. The highest BCUT2D eigenvalue weighted by molar-refractivity contribution is 5.51. The molecule has 0 aromatic carbocycles. The number of pyridine rings is 1. The van der Waals surface area contributed by atoms with Crippen LogP contribution >= 0.6 is 0 Å². The molecule has 0 bridgehead atoms. The van der Waals surface area contributed by atoms with Crippen LogP contribution in [0.15, 0.2) is 18.3 Å². The van der Waals surface area contributed by atoms with Gasteiger partial charge < -0.3 is 14.7 Å². The van der Waals surface area contributed by atoms with Crippen molar-refractivity contribution < 1.29 is 9.84 Å². The van der Waals surface area contributed by atoms with Gasteiger partial charge in [-0.05, 0) is 31.4 Å². The van der Waals surface area contributed by atoms with Gasteiger partial charge in [-0.2, -0.15) is 0 Å². The number of nitrogens with zero attached hydrogens (tertiary/aromatic N) is 2. The first-order valence-corrected chi connectivity index (χ1v) is 5.60. The third kappa shape index (κ3) is 3.70. The molecule has 0 aliphatic rings. The van der Waals surface area contributed by atoms with Gasteiger partial charge in [-0.25, -0.2) is 4.98 Å². The van der Waals surface area contributed by atoms with Gasteiger partial charge in [-0.3, -0.25) is 0 Å². The van der Waals surface area contributed by atoms with Crippen molar-refractivity contribution >= 4 is 5.82 Å². The Kier molecular flexibility index (Phi) is 5.64. The highest BCUT2D eigenvalue weighted by Crippen LogP contribution is 2.23. The van der Waals surface area contributed by atoms with Crippen molar-refractivity contribution in [3.05, 3.63) is 18.3 Å². The molecule has 1 aromatic heterocycles.